The van der Waals surface area contributed by atoms with Gasteiger partial charge in [-0.1, -0.05) is 32.3 Å². The summed E-state index contributed by atoms with van der Waals surface area (Å²) in [5.74, 6) is 0.816. The van der Waals surface area contributed by atoms with Crippen molar-refractivity contribution < 1.29 is 5.11 Å². The third-order valence-corrected chi connectivity index (χ3v) is 2.29. The van der Waals surface area contributed by atoms with Crippen LogP contribution in [0.1, 0.15) is 36.5 Å². The Bertz CT molecular complexity index is 305. The molecule has 0 fully saturated rings. The van der Waals surface area contributed by atoms with E-state index in [4.69, 9.17) is 7.85 Å². The van der Waals surface area contributed by atoms with Crippen LogP contribution in [0.15, 0.2) is 12.1 Å². The van der Waals surface area contributed by atoms with Crippen molar-refractivity contribution in [3.05, 3.63) is 28.8 Å². The number of aryl methyl sites for hydroxylation is 1. The van der Waals surface area contributed by atoms with E-state index in [1.807, 2.05) is 19.1 Å². The molecule has 1 aromatic rings. The van der Waals surface area contributed by atoms with Crippen molar-refractivity contribution in [2.75, 3.05) is 0 Å². The van der Waals surface area contributed by atoms with E-state index in [1.165, 1.54) is 5.56 Å². The summed E-state index contributed by atoms with van der Waals surface area (Å²) in [7, 11) is 5.53. The standard InChI is InChI=1S/C11H15BO/c1-7(2)9-4-8(3)11(13)10(5-9)6-12/h4-5,7,13H,6H2,1-3H3. The van der Waals surface area contributed by atoms with Gasteiger partial charge < -0.3 is 5.11 Å². The fourth-order valence-corrected chi connectivity index (χ4v) is 1.37. The third-order valence-electron chi connectivity index (χ3n) is 2.29. The SMILES string of the molecule is [B]Cc1cc(C(C)C)cc(C)c1O. The van der Waals surface area contributed by atoms with Crippen LogP contribution in [0, 0.1) is 6.92 Å². The van der Waals surface area contributed by atoms with Crippen molar-refractivity contribution in [3.63, 3.8) is 0 Å². The van der Waals surface area contributed by atoms with Gasteiger partial charge in [0, 0.05) is 0 Å². The van der Waals surface area contributed by atoms with Gasteiger partial charge in [0.25, 0.3) is 0 Å². The van der Waals surface area contributed by atoms with Gasteiger partial charge in [-0.15, -0.1) is 0 Å². The molecule has 0 saturated carbocycles. The zero-order chi connectivity index (χ0) is 10.0. The molecule has 68 valence electrons. The summed E-state index contributed by atoms with van der Waals surface area (Å²) in [5.41, 5.74) is 2.98. The molecular weight excluding hydrogens is 159 g/mol. The van der Waals surface area contributed by atoms with Crippen LogP contribution in [-0.4, -0.2) is 13.0 Å². The molecule has 0 aromatic heterocycles. The first-order chi connectivity index (χ1) is 6.06. The van der Waals surface area contributed by atoms with E-state index in [9.17, 15) is 5.11 Å². The second-order valence-corrected chi connectivity index (χ2v) is 3.70. The number of rotatable bonds is 2. The zero-order valence-electron chi connectivity index (χ0n) is 8.46. The average molecular weight is 174 g/mol. The van der Waals surface area contributed by atoms with Crippen LogP contribution in [0.5, 0.6) is 5.75 Å². The van der Waals surface area contributed by atoms with E-state index < -0.39 is 0 Å². The van der Waals surface area contributed by atoms with Gasteiger partial charge in [-0.05, 0) is 29.5 Å². The molecule has 0 saturated heterocycles. The smallest absolute Gasteiger partial charge is 0.120 e. The Balaban J connectivity index is 3.22. The minimum absolute atomic E-state index is 0.340. The number of phenolic OH excluding ortho intramolecular Hbond substituents is 1. The lowest BCUT2D eigenvalue weighted by Gasteiger charge is -2.11. The summed E-state index contributed by atoms with van der Waals surface area (Å²) in [6.45, 7) is 6.17. The molecule has 0 heterocycles. The Labute approximate surface area is 81.2 Å². The van der Waals surface area contributed by atoms with E-state index in [1.54, 1.807) is 0 Å². The summed E-state index contributed by atoms with van der Waals surface area (Å²) in [6.07, 6.45) is 0.396. The van der Waals surface area contributed by atoms with Gasteiger partial charge in [0.15, 0.2) is 0 Å². The van der Waals surface area contributed by atoms with Gasteiger partial charge in [-0.25, -0.2) is 0 Å². The van der Waals surface area contributed by atoms with Gasteiger partial charge >= 0.3 is 0 Å². The second kappa shape index (κ2) is 3.86. The number of aromatic hydroxyl groups is 1. The molecule has 0 aliphatic rings. The van der Waals surface area contributed by atoms with Crippen LogP contribution in [0.25, 0.3) is 0 Å². The lowest BCUT2D eigenvalue weighted by Crippen LogP contribution is -1.94. The van der Waals surface area contributed by atoms with Crippen LogP contribution in [-0.2, 0) is 6.32 Å². The van der Waals surface area contributed by atoms with Gasteiger partial charge in [0.2, 0.25) is 0 Å². The van der Waals surface area contributed by atoms with Crippen molar-refractivity contribution in [1.82, 2.24) is 0 Å². The minimum atomic E-state index is 0.340. The molecule has 0 aliphatic heterocycles. The Kier molecular flexibility index (Phi) is 3.02. The van der Waals surface area contributed by atoms with Gasteiger partial charge in [-0.2, -0.15) is 0 Å². The van der Waals surface area contributed by atoms with E-state index in [2.05, 4.69) is 13.8 Å². The van der Waals surface area contributed by atoms with Gasteiger partial charge in [-0.3, -0.25) is 0 Å². The highest BCUT2D eigenvalue weighted by molar-refractivity contribution is 6.08. The monoisotopic (exact) mass is 174 g/mol. The molecule has 0 spiro atoms. The molecule has 1 N–H and O–H groups in total. The Morgan fingerprint density at radius 1 is 1.38 bits per heavy atom. The molecule has 2 radical (unpaired) electrons. The van der Waals surface area contributed by atoms with Crippen LogP contribution in [0.3, 0.4) is 0 Å². The first-order valence-electron chi connectivity index (χ1n) is 4.58. The highest BCUT2D eigenvalue weighted by Gasteiger charge is 2.07. The maximum Gasteiger partial charge on any atom is 0.120 e. The molecule has 0 unspecified atom stereocenters. The molecule has 1 nitrogen and oxygen atoms in total. The third kappa shape index (κ3) is 2.06. The maximum atomic E-state index is 9.62. The maximum absolute atomic E-state index is 9.62. The Morgan fingerprint density at radius 2 is 2.00 bits per heavy atom. The minimum Gasteiger partial charge on any atom is -0.507 e. The van der Waals surface area contributed by atoms with Crippen LogP contribution in [0.4, 0.5) is 0 Å². The number of phenols is 1. The lowest BCUT2D eigenvalue weighted by molar-refractivity contribution is 0.466. The average Bonchev–Trinajstić information content (AvgIpc) is 2.09. The molecule has 0 atom stereocenters. The fraction of sp³-hybridized carbons (Fsp3) is 0.455. The highest BCUT2D eigenvalue weighted by atomic mass is 16.3. The summed E-state index contributed by atoms with van der Waals surface area (Å²) < 4.78 is 0. The summed E-state index contributed by atoms with van der Waals surface area (Å²) in [4.78, 5) is 0. The predicted molar refractivity (Wildman–Crippen MR) is 56.4 cm³/mol. The lowest BCUT2D eigenvalue weighted by atomic mass is 9.90. The van der Waals surface area contributed by atoms with Crippen LogP contribution in [0.2, 0.25) is 0 Å². The molecule has 2 heteroatoms. The summed E-state index contributed by atoms with van der Waals surface area (Å²) >= 11 is 0. The Hall–Kier alpha value is -0.915. The van der Waals surface area contributed by atoms with Crippen molar-refractivity contribution >= 4 is 7.85 Å². The van der Waals surface area contributed by atoms with Crippen molar-refractivity contribution in [2.24, 2.45) is 0 Å². The molecular formula is C11H15BO. The van der Waals surface area contributed by atoms with E-state index in [-0.39, 0.29) is 0 Å². The quantitative estimate of drug-likeness (QED) is 0.683. The molecule has 0 amide bonds. The largest absolute Gasteiger partial charge is 0.507 e. The van der Waals surface area contributed by atoms with Gasteiger partial charge in [0.05, 0.1) is 7.85 Å². The topological polar surface area (TPSA) is 20.2 Å². The molecule has 1 aromatic carbocycles. The van der Waals surface area contributed by atoms with Crippen LogP contribution < -0.4 is 0 Å². The highest BCUT2D eigenvalue weighted by Crippen LogP contribution is 2.27. The van der Waals surface area contributed by atoms with Gasteiger partial charge in [0.1, 0.15) is 5.75 Å². The Morgan fingerprint density at radius 3 is 2.46 bits per heavy atom. The first-order valence-corrected chi connectivity index (χ1v) is 4.58. The molecule has 1 rings (SSSR count). The van der Waals surface area contributed by atoms with E-state index in [0.29, 0.717) is 18.0 Å². The number of hydrogen-bond acceptors (Lipinski definition) is 1. The van der Waals surface area contributed by atoms with E-state index >= 15 is 0 Å². The van der Waals surface area contributed by atoms with Crippen molar-refractivity contribution in [1.29, 1.82) is 0 Å². The summed E-state index contributed by atoms with van der Waals surface area (Å²) in [6, 6.07) is 3.99. The first kappa shape index (κ1) is 10.2. The molecule has 0 bridgehead atoms. The van der Waals surface area contributed by atoms with Crippen molar-refractivity contribution in [2.45, 2.75) is 33.0 Å². The second-order valence-electron chi connectivity index (χ2n) is 3.70. The van der Waals surface area contributed by atoms with Crippen molar-refractivity contribution in [3.8, 4) is 5.75 Å². The predicted octanol–water partition coefficient (Wildman–Crippen LogP) is 2.49. The number of benzene rings is 1. The van der Waals surface area contributed by atoms with E-state index in [0.717, 1.165) is 11.1 Å². The zero-order valence-corrected chi connectivity index (χ0v) is 8.46. The number of hydrogen-bond donors (Lipinski definition) is 1. The molecule has 13 heavy (non-hydrogen) atoms. The normalized spacial score (nSPS) is 10.8. The fourth-order valence-electron chi connectivity index (χ4n) is 1.37. The molecule has 0 aliphatic carbocycles. The summed E-state index contributed by atoms with van der Waals surface area (Å²) in [5, 5.41) is 9.62. The van der Waals surface area contributed by atoms with Crippen LogP contribution >= 0.6 is 0 Å².